The van der Waals surface area contributed by atoms with Crippen molar-refractivity contribution in [3.63, 3.8) is 0 Å². The topological polar surface area (TPSA) is 8.17 Å². The third-order valence-corrected chi connectivity index (χ3v) is 4.11. The summed E-state index contributed by atoms with van der Waals surface area (Å²) in [5.41, 5.74) is 2.91. The molecule has 96 valence electrons. The molecule has 2 heteroatoms. The summed E-state index contributed by atoms with van der Waals surface area (Å²) in [5, 5.41) is 1.38. The van der Waals surface area contributed by atoms with Crippen LogP contribution in [0.15, 0.2) is 30.5 Å². The van der Waals surface area contributed by atoms with Crippen LogP contribution in [0.25, 0.3) is 10.9 Å². The molecule has 1 aliphatic heterocycles. The lowest BCUT2D eigenvalue weighted by Crippen LogP contribution is -2.23. The highest BCUT2D eigenvalue weighted by Gasteiger charge is 2.12. The van der Waals surface area contributed by atoms with Crippen LogP contribution in [0.2, 0.25) is 0 Å². The van der Waals surface area contributed by atoms with Crippen molar-refractivity contribution in [1.82, 2.24) is 9.47 Å². The summed E-state index contributed by atoms with van der Waals surface area (Å²) in [6, 6.07) is 8.90. The van der Waals surface area contributed by atoms with Crippen LogP contribution in [0.4, 0.5) is 0 Å². The van der Waals surface area contributed by atoms with Gasteiger partial charge in [-0.05, 0) is 49.4 Å². The molecule has 0 aliphatic carbocycles. The quantitative estimate of drug-likeness (QED) is 0.798. The third kappa shape index (κ3) is 2.17. The molecule has 1 aliphatic rings. The summed E-state index contributed by atoms with van der Waals surface area (Å²) in [5.74, 6) is 0. The van der Waals surface area contributed by atoms with E-state index >= 15 is 0 Å². The van der Waals surface area contributed by atoms with E-state index in [-0.39, 0.29) is 0 Å². The smallest absolute Gasteiger partial charge is 0.0513 e. The predicted octanol–water partition coefficient (Wildman–Crippen LogP) is 3.30. The van der Waals surface area contributed by atoms with Crippen molar-refractivity contribution in [3.05, 3.63) is 36.0 Å². The molecule has 0 atom stereocenters. The first-order chi connectivity index (χ1) is 8.88. The van der Waals surface area contributed by atoms with Crippen LogP contribution < -0.4 is 0 Å². The first-order valence-electron chi connectivity index (χ1n) is 7.17. The van der Waals surface area contributed by atoms with E-state index in [1.54, 1.807) is 0 Å². The Kier molecular flexibility index (Phi) is 3.37. The molecule has 0 radical (unpaired) electrons. The van der Waals surface area contributed by atoms with Gasteiger partial charge in [-0.2, -0.15) is 0 Å². The summed E-state index contributed by atoms with van der Waals surface area (Å²) in [7, 11) is 0. The van der Waals surface area contributed by atoms with Gasteiger partial charge in [0.1, 0.15) is 0 Å². The van der Waals surface area contributed by atoms with E-state index in [0.717, 1.165) is 13.0 Å². The van der Waals surface area contributed by atoms with Crippen LogP contribution >= 0.6 is 0 Å². The molecule has 1 aromatic heterocycles. The molecule has 0 amide bonds. The molecular formula is C16H22N2. The normalized spacial score (nSPS) is 16.7. The van der Waals surface area contributed by atoms with Crippen molar-refractivity contribution >= 4 is 10.9 Å². The zero-order valence-electron chi connectivity index (χ0n) is 11.2. The Labute approximate surface area is 109 Å². The molecule has 0 spiro atoms. The molecule has 2 nitrogen and oxygen atoms in total. The Bertz CT molecular complexity index is 521. The number of fused-ring (bicyclic) bond motifs is 1. The van der Waals surface area contributed by atoms with Crippen molar-refractivity contribution in [1.29, 1.82) is 0 Å². The molecule has 1 fully saturated rings. The van der Waals surface area contributed by atoms with Crippen molar-refractivity contribution in [2.24, 2.45) is 0 Å². The molecule has 0 N–H and O–H groups in total. The van der Waals surface area contributed by atoms with Gasteiger partial charge in [-0.25, -0.2) is 0 Å². The van der Waals surface area contributed by atoms with Gasteiger partial charge in [-0.3, -0.25) is 0 Å². The number of hydrogen-bond donors (Lipinski definition) is 0. The molecule has 2 heterocycles. The monoisotopic (exact) mass is 242 g/mol. The predicted molar refractivity (Wildman–Crippen MR) is 77.0 cm³/mol. The molecule has 0 bridgehead atoms. The van der Waals surface area contributed by atoms with Crippen molar-refractivity contribution in [2.75, 3.05) is 19.6 Å². The van der Waals surface area contributed by atoms with Gasteiger partial charge >= 0.3 is 0 Å². The average molecular weight is 242 g/mol. The number of hydrogen-bond acceptors (Lipinski definition) is 1. The summed E-state index contributed by atoms with van der Waals surface area (Å²) in [6.07, 6.45) is 6.13. The summed E-state index contributed by atoms with van der Waals surface area (Å²) in [6.45, 7) is 7.15. The van der Waals surface area contributed by atoms with E-state index in [9.17, 15) is 0 Å². The van der Waals surface area contributed by atoms with Crippen molar-refractivity contribution in [3.8, 4) is 0 Å². The van der Waals surface area contributed by atoms with Gasteiger partial charge in [0.15, 0.2) is 0 Å². The maximum absolute atomic E-state index is 2.58. The van der Waals surface area contributed by atoms with Crippen LogP contribution in [0.5, 0.6) is 0 Å². The minimum absolute atomic E-state index is 1.12. The second-order valence-electron chi connectivity index (χ2n) is 5.27. The number of para-hydroxylation sites is 1. The lowest BCUT2D eigenvalue weighted by atomic mass is 10.1. The highest BCUT2D eigenvalue weighted by atomic mass is 15.2. The number of aromatic nitrogens is 1. The fraction of sp³-hybridized carbons (Fsp3) is 0.500. The third-order valence-electron chi connectivity index (χ3n) is 4.11. The Morgan fingerprint density at radius 2 is 1.89 bits per heavy atom. The van der Waals surface area contributed by atoms with Gasteiger partial charge in [0.25, 0.3) is 0 Å². The Morgan fingerprint density at radius 3 is 2.67 bits per heavy atom. The van der Waals surface area contributed by atoms with Gasteiger partial charge in [-0.1, -0.05) is 25.1 Å². The first-order valence-corrected chi connectivity index (χ1v) is 7.17. The zero-order chi connectivity index (χ0) is 12.4. The molecular weight excluding hydrogens is 220 g/mol. The number of aryl methyl sites for hydroxylation is 1. The minimum Gasteiger partial charge on any atom is -0.346 e. The van der Waals surface area contributed by atoms with Crippen LogP contribution in [-0.2, 0) is 13.0 Å². The van der Waals surface area contributed by atoms with Gasteiger partial charge in [-0.15, -0.1) is 0 Å². The van der Waals surface area contributed by atoms with Crippen molar-refractivity contribution in [2.45, 2.75) is 32.7 Å². The maximum atomic E-state index is 2.58. The van der Waals surface area contributed by atoms with Crippen LogP contribution in [0.3, 0.4) is 0 Å². The lowest BCUT2D eigenvalue weighted by molar-refractivity contribution is 0.324. The Morgan fingerprint density at radius 1 is 1.06 bits per heavy atom. The van der Waals surface area contributed by atoms with Crippen LogP contribution in [0, 0.1) is 0 Å². The summed E-state index contributed by atoms with van der Waals surface area (Å²) >= 11 is 0. The second-order valence-corrected chi connectivity index (χ2v) is 5.27. The SMILES string of the molecule is CCc1cccc2ccn(CCN3CCCC3)c12. The molecule has 2 aromatic rings. The largest absolute Gasteiger partial charge is 0.346 e. The van der Waals surface area contributed by atoms with Gasteiger partial charge in [0.2, 0.25) is 0 Å². The lowest BCUT2D eigenvalue weighted by Gasteiger charge is -2.16. The van der Waals surface area contributed by atoms with Gasteiger partial charge in [0.05, 0.1) is 5.52 Å². The molecule has 18 heavy (non-hydrogen) atoms. The number of benzene rings is 1. The second kappa shape index (κ2) is 5.15. The molecule has 0 saturated carbocycles. The fourth-order valence-electron chi connectivity index (χ4n) is 3.07. The number of rotatable bonds is 4. The van der Waals surface area contributed by atoms with E-state index in [0.29, 0.717) is 0 Å². The van der Waals surface area contributed by atoms with E-state index in [1.165, 1.54) is 48.9 Å². The Hall–Kier alpha value is -1.28. The average Bonchev–Trinajstić information content (AvgIpc) is 3.05. The van der Waals surface area contributed by atoms with Gasteiger partial charge in [0, 0.05) is 19.3 Å². The van der Waals surface area contributed by atoms with E-state index in [2.05, 4.69) is 46.9 Å². The summed E-state index contributed by atoms with van der Waals surface area (Å²) < 4.78 is 2.44. The Balaban J connectivity index is 1.82. The van der Waals surface area contributed by atoms with E-state index in [4.69, 9.17) is 0 Å². The van der Waals surface area contributed by atoms with E-state index in [1.807, 2.05) is 0 Å². The number of likely N-dealkylation sites (tertiary alicyclic amines) is 1. The van der Waals surface area contributed by atoms with Crippen LogP contribution in [0.1, 0.15) is 25.3 Å². The molecule has 0 unspecified atom stereocenters. The highest BCUT2D eigenvalue weighted by Crippen LogP contribution is 2.21. The maximum Gasteiger partial charge on any atom is 0.0513 e. The molecule has 1 aromatic carbocycles. The standard InChI is InChI=1S/C16H22N2/c1-2-14-6-5-7-15-8-11-18(16(14)15)13-12-17-9-3-4-10-17/h5-8,11H,2-4,9-10,12-13H2,1H3. The minimum atomic E-state index is 1.12. The summed E-state index contributed by atoms with van der Waals surface area (Å²) in [4.78, 5) is 2.58. The molecule has 3 rings (SSSR count). The van der Waals surface area contributed by atoms with Crippen molar-refractivity contribution < 1.29 is 0 Å². The highest BCUT2D eigenvalue weighted by molar-refractivity contribution is 5.83. The fourth-order valence-corrected chi connectivity index (χ4v) is 3.07. The first kappa shape index (κ1) is 11.8. The zero-order valence-corrected chi connectivity index (χ0v) is 11.2. The molecule has 1 saturated heterocycles. The van der Waals surface area contributed by atoms with Gasteiger partial charge < -0.3 is 9.47 Å². The van der Waals surface area contributed by atoms with Crippen LogP contribution in [-0.4, -0.2) is 29.1 Å². The van der Waals surface area contributed by atoms with E-state index < -0.39 is 0 Å². The number of nitrogens with zero attached hydrogens (tertiary/aromatic N) is 2.